The Morgan fingerprint density at radius 2 is 2.06 bits per heavy atom. The molecule has 0 saturated carbocycles. The predicted molar refractivity (Wildman–Crippen MR) is 55.7 cm³/mol. The van der Waals surface area contributed by atoms with Gasteiger partial charge >= 0.3 is 0 Å². The first-order valence-electron chi connectivity index (χ1n) is 5.24. The Balaban J connectivity index is 2.00. The minimum Gasteiger partial charge on any atom is -0.388 e. The van der Waals surface area contributed by atoms with Crippen LogP contribution in [0.1, 0.15) is 5.69 Å². The van der Waals surface area contributed by atoms with Crippen LogP contribution in [-0.2, 0) is 11.2 Å². The molecule has 1 saturated heterocycles. The van der Waals surface area contributed by atoms with Crippen LogP contribution in [0.3, 0.4) is 0 Å². The molecule has 1 aromatic rings. The molecule has 1 aliphatic heterocycles. The molecule has 1 fully saturated rings. The number of aliphatic hydroxyl groups excluding tert-OH is 3. The third-order valence-corrected chi connectivity index (χ3v) is 2.74. The average molecular weight is 225 g/mol. The van der Waals surface area contributed by atoms with Gasteiger partial charge in [-0.05, 0) is 12.1 Å². The third-order valence-electron chi connectivity index (χ3n) is 2.74. The summed E-state index contributed by atoms with van der Waals surface area (Å²) < 4.78 is 5.28. The van der Waals surface area contributed by atoms with Gasteiger partial charge in [0.2, 0.25) is 0 Å². The summed E-state index contributed by atoms with van der Waals surface area (Å²) in [5.41, 5.74) is 0.787. The zero-order valence-electron chi connectivity index (χ0n) is 8.73. The van der Waals surface area contributed by atoms with Crippen molar-refractivity contribution >= 4 is 0 Å². The molecular weight excluding hydrogens is 210 g/mol. The van der Waals surface area contributed by atoms with E-state index in [1.807, 2.05) is 12.1 Å². The second-order valence-corrected chi connectivity index (χ2v) is 3.95. The molecule has 0 amide bonds. The summed E-state index contributed by atoms with van der Waals surface area (Å²) >= 11 is 0. The van der Waals surface area contributed by atoms with Crippen molar-refractivity contribution in [3.63, 3.8) is 0 Å². The van der Waals surface area contributed by atoms with E-state index in [0.717, 1.165) is 5.69 Å². The number of pyridine rings is 1. The van der Waals surface area contributed by atoms with E-state index in [0.29, 0.717) is 6.42 Å². The highest BCUT2D eigenvalue weighted by atomic mass is 16.5. The molecule has 4 unspecified atom stereocenters. The lowest BCUT2D eigenvalue weighted by atomic mass is 9.97. The summed E-state index contributed by atoms with van der Waals surface area (Å²) in [6.07, 6.45) is -1.68. The van der Waals surface area contributed by atoms with Gasteiger partial charge < -0.3 is 20.1 Å². The fourth-order valence-electron chi connectivity index (χ4n) is 1.77. The Morgan fingerprint density at radius 1 is 1.25 bits per heavy atom. The Hall–Kier alpha value is -1.01. The Bertz CT molecular complexity index is 332. The van der Waals surface area contributed by atoms with Crippen molar-refractivity contribution in [1.82, 2.24) is 4.98 Å². The molecule has 3 N–H and O–H groups in total. The van der Waals surface area contributed by atoms with Gasteiger partial charge in [-0.15, -0.1) is 0 Å². The van der Waals surface area contributed by atoms with Crippen LogP contribution in [0, 0.1) is 0 Å². The van der Waals surface area contributed by atoms with Crippen molar-refractivity contribution in [2.24, 2.45) is 0 Å². The molecule has 2 rings (SSSR count). The first-order valence-corrected chi connectivity index (χ1v) is 5.24. The number of aliphatic hydroxyl groups is 3. The van der Waals surface area contributed by atoms with Gasteiger partial charge in [-0.2, -0.15) is 0 Å². The van der Waals surface area contributed by atoms with Crippen molar-refractivity contribution in [1.29, 1.82) is 0 Å². The highest BCUT2D eigenvalue weighted by Gasteiger charge is 2.37. The van der Waals surface area contributed by atoms with E-state index in [9.17, 15) is 15.3 Å². The molecule has 0 aromatic carbocycles. The maximum Gasteiger partial charge on any atom is 0.111 e. The van der Waals surface area contributed by atoms with Crippen LogP contribution in [0.25, 0.3) is 0 Å². The topological polar surface area (TPSA) is 82.8 Å². The van der Waals surface area contributed by atoms with E-state index in [2.05, 4.69) is 4.98 Å². The average Bonchev–Trinajstić information content (AvgIpc) is 2.31. The minimum absolute atomic E-state index is 0.0374. The molecular formula is C11H15NO4. The monoisotopic (exact) mass is 225 g/mol. The number of aromatic nitrogens is 1. The van der Waals surface area contributed by atoms with Gasteiger partial charge in [0, 0.05) is 18.3 Å². The third kappa shape index (κ3) is 2.38. The molecule has 0 spiro atoms. The van der Waals surface area contributed by atoms with Gasteiger partial charge in [0.25, 0.3) is 0 Å². The summed E-state index contributed by atoms with van der Waals surface area (Å²) in [4.78, 5) is 4.12. The molecule has 5 heteroatoms. The Kier molecular flexibility index (Phi) is 3.50. The number of rotatable bonds is 2. The molecule has 88 valence electrons. The molecule has 2 heterocycles. The second kappa shape index (κ2) is 4.88. The molecule has 1 aliphatic rings. The Labute approximate surface area is 93.3 Å². The van der Waals surface area contributed by atoms with E-state index in [1.165, 1.54) is 0 Å². The standard InChI is InChI=1S/C11H15NO4/c13-8-6-16-9(11(15)10(8)14)5-7-3-1-2-4-12-7/h1-4,8-11,13-15H,5-6H2. The fraction of sp³-hybridized carbons (Fsp3) is 0.545. The van der Waals surface area contributed by atoms with E-state index < -0.39 is 24.4 Å². The normalized spacial score (nSPS) is 34.9. The summed E-state index contributed by atoms with van der Waals surface area (Å²) in [6, 6.07) is 5.48. The van der Waals surface area contributed by atoms with Crippen LogP contribution in [0.5, 0.6) is 0 Å². The molecule has 0 radical (unpaired) electrons. The number of hydrogen-bond acceptors (Lipinski definition) is 5. The van der Waals surface area contributed by atoms with Gasteiger partial charge in [0.05, 0.1) is 12.7 Å². The first kappa shape index (κ1) is 11.5. The van der Waals surface area contributed by atoms with Crippen LogP contribution in [0.4, 0.5) is 0 Å². The van der Waals surface area contributed by atoms with Crippen LogP contribution < -0.4 is 0 Å². The van der Waals surface area contributed by atoms with E-state index >= 15 is 0 Å². The fourth-order valence-corrected chi connectivity index (χ4v) is 1.77. The van der Waals surface area contributed by atoms with Crippen molar-refractivity contribution < 1.29 is 20.1 Å². The molecule has 0 aliphatic carbocycles. The van der Waals surface area contributed by atoms with E-state index in [4.69, 9.17) is 4.74 Å². The summed E-state index contributed by atoms with van der Waals surface area (Å²) in [5, 5.41) is 28.5. The zero-order chi connectivity index (χ0) is 11.5. The van der Waals surface area contributed by atoms with Crippen LogP contribution in [0.2, 0.25) is 0 Å². The molecule has 5 nitrogen and oxygen atoms in total. The number of ether oxygens (including phenoxy) is 1. The van der Waals surface area contributed by atoms with E-state index in [-0.39, 0.29) is 6.61 Å². The predicted octanol–water partition coefficient (Wildman–Crippen LogP) is -0.894. The zero-order valence-corrected chi connectivity index (χ0v) is 8.73. The Morgan fingerprint density at radius 3 is 2.75 bits per heavy atom. The van der Waals surface area contributed by atoms with Crippen molar-refractivity contribution in [2.75, 3.05) is 6.61 Å². The minimum atomic E-state index is -1.15. The summed E-state index contributed by atoms with van der Waals surface area (Å²) in [7, 11) is 0. The van der Waals surface area contributed by atoms with Crippen molar-refractivity contribution in [2.45, 2.75) is 30.8 Å². The van der Waals surface area contributed by atoms with E-state index in [1.54, 1.807) is 12.3 Å². The lowest BCUT2D eigenvalue weighted by molar-refractivity contribution is -0.186. The van der Waals surface area contributed by atoms with Crippen LogP contribution >= 0.6 is 0 Å². The highest BCUT2D eigenvalue weighted by Crippen LogP contribution is 2.18. The molecule has 1 aromatic heterocycles. The van der Waals surface area contributed by atoms with Gasteiger partial charge in [0.1, 0.15) is 18.3 Å². The maximum atomic E-state index is 9.71. The lowest BCUT2D eigenvalue weighted by Crippen LogP contribution is -2.53. The van der Waals surface area contributed by atoms with Crippen LogP contribution in [-0.4, -0.2) is 51.3 Å². The lowest BCUT2D eigenvalue weighted by Gasteiger charge is -2.35. The largest absolute Gasteiger partial charge is 0.388 e. The highest BCUT2D eigenvalue weighted by molar-refractivity contribution is 5.06. The van der Waals surface area contributed by atoms with Gasteiger partial charge in [-0.25, -0.2) is 0 Å². The van der Waals surface area contributed by atoms with Crippen LogP contribution in [0.15, 0.2) is 24.4 Å². The first-order chi connectivity index (χ1) is 7.68. The number of nitrogens with zero attached hydrogens (tertiary/aromatic N) is 1. The van der Waals surface area contributed by atoms with Gasteiger partial charge in [-0.3, -0.25) is 4.98 Å². The summed E-state index contributed by atoms with van der Waals surface area (Å²) in [6.45, 7) is 0.0374. The van der Waals surface area contributed by atoms with Crippen molar-refractivity contribution in [3.05, 3.63) is 30.1 Å². The molecule has 0 bridgehead atoms. The molecule has 16 heavy (non-hydrogen) atoms. The molecule has 4 atom stereocenters. The number of hydrogen-bond donors (Lipinski definition) is 3. The quantitative estimate of drug-likeness (QED) is 0.608. The SMILES string of the molecule is OC1COC(Cc2ccccn2)C(O)C1O. The van der Waals surface area contributed by atoms with Crippen molar-refractivity contribution in [3.8, 4) is 0 Å². The second-order valence-electron chi connectivity index (χ2n) is 3.95. The maximum absolute atomic E-state index is 9.71. The summed E-state index contributed by atoms with van der Waals surface area (Å²) in [5.74, 6) is 0. The van der Waals surface area contributed by atoms with Gasteiger partial charge in [-0.1, -0.05) is 6.07 Å². The smallest absolute Gasteiger partial charge is 0.111 e. The van der Waals surface area contributed by atoms with Gasteiger partial charge in [0.15, 0.2) is 0 Å².